The molecule has 0 saturated carbocycles. The van der Waals surface area contributed by atoms with Gasteiger partial charge >= 0.3 is 0 Å². The third-order valence-corrected chi connectivity index (χ3v) is 3.66. The number of guanidine groups is 1. The quantitative estimate of drug-likeness (QED) is 0.430. The van der Waals surface area contributed by atoms with Gasteiger partial charge in [0, 0.05) is 22.8 Å². The zero-order valence-electron chi connectivity index (χ0n) is 12.6. The zero-order valence-corrected chi connectivity index (χ0v) is 15.8. The normalized spacial score (nSPS) is 10.8. The molecule has 6 nitrogen and oxygen atoms in total. The summed E-state index contributed by atoms with van der Waals surface area (Å²) in [7, 11) is 3.18. The molecular formula is C14H19IN4O2S. The molecule has 1 aromatic heterocycles. The van der Waals surface area contributed by atoms with Crippen LogP contribution in [0.3, 0.4) is 0 Å². The number of hydrogen-bond donors (Lipinski definition) is 2. The highest BCUT2D eigenvalue weighted by molar-refractivity contribution is 14.0. The number of anilines is 1. The van der Waals surface area contributed by atoms with Gasteiger partial charge in [0.15, 0.2) is 17.5 Å². The summed E-state index contributed by atoms with van der Waals surface area (Å²) in [5.74, 6) is 1.62. The van der Waals surface area contributed by atoms with Crippen LogP contribution in [0.4, 0.5) is 5.69 Å². The van der Waals surface area contributed by atoms with Crippen LogP contribution in [0.2, 0.25) is 0 Å². The minimum absolute atomic E-state index is 0. The average Bonchev–Trinajstić information content (AvgIpc) is 2.90. The van der Waals surface area contributed by atoms with Crippen molar-refractivity contribution in [1.82, 2.24) is 4.98 Å². The maximum atomic E-state index is 5.87. The van der Waals surface area contributed by atoms with Gasteiger partial charge in [0.25, 0.3) is 0 Å². The first-order valence-electron chi connectivity index (χ1n) is 6.32. The second-order valence-corrected chi connectivity index (χ2v) is 5.22. The van der Waals surface area contributed by atoms with Gasteiger partial charge in [0.1, 0.15) is 5.01 Å². The monoisotopic (exact) mass is 434 g/mol. The molecule has 0 amide bonds. The Morgan fingerprint density at radius 2 is 2.05 bits per heavy atom. The average molecular weight is 434 g/mol. The zero-order chi connectivity index (χ0) is 15.2. The Balaban J connectivity index is 0.00000242. The van der Waals surface area contributed by atoms with Crippen molar-refractivity contribution in [2.45, 2.75) is 13.5 Å². The summed E-state index contributed by atoms with van der Waals surface area (Å²) >= 11 is 1.57. The van der Waals surface area contributed by atoms with Crippen molar-refractivity contribution in [3.05, 3.63) is 34.3 Å². The minimum atomic E-state index is 0. The van der Waals surface area contributed by atoms with Crippen LogP contribution in [0.25, 0.3) is 0 Å². The van der Waals surface area contributed by atoms with Gasteiger partial charge in [-0.3, -0.25) is 0 Å². The van der Waals surface area contributed by atoms with Crippen molar-refractivity contribution in [1.29, 1.82) is 0 Å². The number of nitrogens with one attached hydrogen (secondary N) is 1. The second kappa shape index (κ2) is 8.79. The fourth-order valence-electron chi connectivity index (χ4n) is 1.73. The molecule has 1 heterocycles. The summed E-state index contributed by atoms with van der Waals surface area (Å²) < 4.78 is 10.4. The van der Waals surface area contributed by atoms with Crippen LogP contribution in [0.1, 0.15) is 10.7 Å². The fraction of sp³-hybridized carbons (Fsp3) is 0.286. The van der Waals surface area contributed by atoms with E-state index in [9.17, 15) is 0 Å². The topological polar surface area (TPSA) is 81.8 Å². The molecule has 2 aromatic rings. The lowest BCUT2D eigenvalue weighted by molar-refractivity contribution is 0.355. The van der Waals surface area contributed by atoms with Crippen molar-refractivity contribution in [2.24, 2.45) is 10.7 Å². The molecule has 22 heavy (non-hydrogen) atoms. The number of rotatable bonds is 5. The van der Waals surface area contributed by atoms with Crippen LogP contribution < -0.4 is 20.5 Å². The molecule has 1 aromatic carbocycles. The van der Waals surface area contributed by atoms with E-state index in [1.807, 2.05) is 18.4 Å². The molecule has 0 atom stereocenters. The van der Waals surface area contributed by atoms with E-state index in [0.717, 1.165) is 16.4 Å². The maximum absolute atomic E-state index is 5.87. The maximum Gasteiger partial charge on any atom is 0.193 e. The molecule has 0 aliphatic rings. The molecular weight excluding hydrogens is 415 g/mol. The van der Waals surface area contributed by atoms with Crippen molar-refractivity contribution in [3.8, 4) is 11.5 Å². The van der Waals surface area contributed by atoms with Crippen LogP contribution in [-0.4, -0.2) is 25.2 Å². The highest BCUT2D eigenvalue weighted by Gasteiger charge is 2.05. The van der Waals surface area contributed by atoms with E-state index in [4.69, 9.17) is 15.2 Å². The first-order valence-corrected chi connectivity index (χ1v) is 7.20. The molecule has 0 unspecified atom stereocenters. The lowest BCUT2D eigenvalue weighted by Crippen LogP contribution is -2.22. The van der Waals surface area contributed by atoms with E-state index >= 15 is 0 Å². The Kier molecular flexibility index (Phi) is 7.39. The molecule has 0 bridgehead atoms. The summed E-state index contributed by atoms with van der Waals surface area (Å²) in [6.07, 6.45) is 0. The van der Waals surface area contributed by atoms with Crippen LogP contribution in [0, 0.1) is 6.92 Å². The number of methoxy groups -OCH3 is 2. The molecule has 0 saturated heterocycles. The Labute approximate surface area is 150 Å². The number of nitrogens with two attached hydrogens (primary N) is 1. The van der Waals surface area contributed by atoms with Crippen molar-refractivity contribution >= 4 is 47.0 Å². The van der Waals surface area contributed by atoms with Gasteiger partial charge in [-0.05, 0) is 19.1 Å². The van der Waals surface area contributed by atoms with E-state index in [1.54, 1.807) is 37.7 Å². The van der Waals surface area contributed by atoms with E-state index in [1.165, 1.54) is 0 Å². The molecule has 3 N–H and O–H groups in total. The number of halogens is 1. The molecule has 0 aliphatic heterocycles. The number of hydrogen-bond acceptors (Lipinski definition) is 5. The van der Waals surface area contributed by atoms with Gasteiger partial charge in [-0.25, -0.2) is 9.98 Å². The van der Waals surface area contributed by atoms with Gasteiger partial charge in [-0.2, -0.15) is 0 Å². The van der Waals surface area contributed by atoms with E-state index in [2.05, 4.69) is 15.3 Å². The molecule has 2 rings (SSSR count). The largest absolute Gasteiger partial charge is 0.493 e. The highest BCUT2D eigenvalue weighted by atomic mass is 127. The number of benzene rings is 1. The predicted octanol–water partition coefficient (Wildman–Crippen LogP) is 3.01. The summed E-state index contributed by atoms with van der Waals surface area (Å²) in [5.41, 5.74) is 7.64. The molecule has 0 spiro atoms. The molecule has 0 radical (unpaired) electrons. The summed E-state index contributed by atoms with van der Waals surface area (Å²) in [6, 6.07) is 5.45. The number of aryl methyl sites for hydroxylation is 1. The predicted molar refractivity (Wildman–Crippen MR) is 101 cm³/mol. The Hall–Kier alpha value is -1.55. The molecule has 120 valence electrons. The summed E-state index contributed by atoms with van der Waals surface area (Å²) in [5, 5.41) is 5.94. The van der Waals surface area contributed by atoms with E-state index in [0.29, 0.717) is 24.0 Å². The van der Waals surface area contributed by atoms with Gasteiger partial charge < -0.3 is 20.5 Å². The van der Waals surface area contributed by atoms with Crippen molar-refractivity contribution in [3.63, 3.8) is 0 Å². The number of thiazole rings is 1. The van der Waals surface area contributed by atoms with Crippen LogP contribution in [-0.2, 0) is 6.54 Å². The minimum Gasteiger partial charge on any atom is -0.493 e. The van der Waals surface area contributed by atoms with Gasteiger partial charge in [-0.1, -0.05) is 0 Å². The Morgan fingerprint density at radius 1 is 1.32 bits per heavy atom. The molecule has 0 aliphatic carbocycles. The number of nitrogens with zero attached hydrogens (tertiary/aromatic N) is 2. The first-order chi connectivity index (χ1) is 10.1. The Morgan fingerprint density at radius 3 is 2.64 bits per heavy atom. The standard InChI is InChI=1S/C14H18N4O2S.HI/c1-9-8-21-13(17-9)7-16-14(15)18-10-4-5-11(19-2)12(6-10)20-3;/h4-6,8H,7H2,1-3H3,(H3,15,16,18);1H. The number of aromatic nitrogens is 1. The molecule has 8 heteroatoms. The molecule has 0 fully saturated rings. The smallest absolute Gasteiger partial charge is 0.193 e. The lowest BCUT2D eigenvalue weighted by Gasteiger charge is -2.10. The highest BCUT2D eigenvalue weighted by Crippen LogP contribution is 2.29. The van der Waals surface area contributed by atoms with Gasteiger partial charge in [0.2, 0.25) is 0 Å². The lowest BCUT2D eigenvalue weighted by atomic mass is 10.3. The second-order valence-electron chi connectivity index (χ2n) is 4.28. The first kappa shape index (κ1) is 18.5. The number of aliphatic imine (C=N–C) groups is 1. The van der Waals surface area contributed by atoms with E-state index < -0.39 is 0 Å². The van der Waals surface area contributed by atoms with Gasteiger partial charge in [-0.15, -0.1) is 35.3 Å². The van der Waals surface area contributed by atoms with Crippen molar-refractivity contribution < 1.29 is 9.47 Å². The van der Waals surface area contributed by atoms with E-state index in [-0.39, 0.29) is 24.0 Å². The SMILES string of the molecule is COc1ccc(NC(N)=NCc2nc(C)cs2)cc1OC.I. The summed E-state index contributed by atoms with van der Waals surface area (Å²) in [6.45, 7) is 2.42. The van der Waals surface area contributed by atoms with Crippen LogP contribution >= 0.6 is 35.3 Å². The van der Waals surface area contributed by atoms with Crippen LogP contribution in [0.5, 0.6) is 11.5 Å². The third kappa shape index (κ3) is 5.02. The van der Waals surface area contributed by atoms with Gasteiger partial charge in [0.05, 0.1) is 20.8 Å². The van der Waals surface area contributed by atoms with Crippen molar-refractivity contribution in [2.75, 3.05) is 19.5 Å². The number of ether oxygens (including phenoxy) is 2. The third-order valence-electron chi connectivity index (χ3n) is 2.71. The van der Waals surface area contributed by atoms with Crippen LogP contribution in [0.15, 0.2) is 28.6 Å². The summed E-state index contributed by atoms with van der Waals surface area (Å²) in [4.78, 5) is 8.59. The Bertz CT molecular complexity index is 646. The fourth-order valence-corrected chi connectivity index (χ4v) is 2.42.